The van der Waals surface area contributed by atoms with E-state index in [4.69, 9.17) is 5.73 Å². The van der Waals surface area contributed by atoms with Crippen LogP contribution in [0.4, 0.5) is 5.82 Å². The molecule has 0 unspecified atom stereocenters. The van der Waals surface area contributed by atoms with Gasteiger partial charge in [0.15, 0.2) is 0 Å². The van der Waals surface area contributed by atoms with E-state index in [1.165, 1.54) is 6.33 Å². The Bertz CT molecular complexity index is 609. The van der Waals surface area contributed by atoms with Crippen molar-refractivity contribution in [1.29, 1.82) is 0 Å². The van der Waals surface area contributed by atoms with Crippen LogP contribution in [-0.2, 0) is 0 Å². The summed E-state index contributed by atoms with van der Waals surface area (Å²) in [5.74, 6) is 1.01. The number of nitrogens with zero attached hydrogens (tertiary/aromatic N) is 4. The molecule has 3 rings (SSSR count). The van der Waals surface area contributed by atoms with Crippen LogP contribution in [0.3, 0.4) is 0 Å². The Kier molecular flexibility index (Phi) is 3.35. The number of aromatic nitrogens is 3. The Morgan fingerprint density at radius 2 is 2.20 bits per heavy atom. The van der Waals surface area contributed by atoms with Crippen molar-refractivity contribution < 1.29 is 5.11 Å². The molecule has 0 radical (unpaired) electrons. The molecular formula is C14H21N5O. The summed E-state index contributed by atoms with van der Waals surface area (Å²) in [6, 6.07) is 2.00. The molecule has 0 bridgehead atoms. The Labute approximate surface area is 118 Å². The number of nitrogens with two attached hydrogens (primary N) is 1. The van der Waals surface area contributed by atoms with E-state index >= 15 is 0 Å². The summed E-state index contributed by atoms with van der Waals surface area (Å²) in [6.45, 7) is 1.00. The van der Waals surface area contributed by atoms with Gasteiger partial charge in [-0.05, 0) is 38.9 Å². The lowest BCUT2D eigenvalue weighted by Gasteiger charge is -2.18. The minimum Gasteiger partial charge on any atom is -0.391 e. The Hall–Kier alpha value is -1.66. The van der Waals surface area contributed by atoms with Gasteiger partial charge in [-0.25, -0.2) is 9.97 Å². The van der Waals surface area contributed by atoms with Crippen LogP contribution in [-0.4, -0.2) is 51.3 Å². The summed E-state index contributed by atoms with van der Waals surface area (Å²) >= 11 is 0. The molecule has 0 aliphatic heterocycles. The van der Waals surface area contributed by atoms with Gasteiger partial charge in [-0.3, -0.25) is 0 Å². The van der Waals surface area contributed by atoms with Crippen molar-refractivity contribution >= 4 is 16.9 Å². The fraction of sp³-hybridized carbons (Fsp3) is 0.571. The molecule has 6 nitrogen and oxygen atoms in total. The van der Waals surface area contributed by atoms with E-state index in [0.29, 0.717) is 11.7 Å². The second kappa shape index (κ2) is 5.03. The molecule has 1 aliphatic rings. The second-order valence-electron chi connectivity index (χ2n) is 5.95. The summed E-state index contributed by atoms with van der Waals surface area (Å²) in [4.78, 5) is 10.5. The number of aliphatic hydroxyl groups excluding tert-OH is 1. The predicted molar refractivity (Wildman–Crippen MR) is 78.3 cm³/mol. The highest BCUT2D eigenvalue weighted by Gasteiger charge is 2.35. The molecule has 3 atom stereocenters. The van der Waals surface area contributed by atoms with E-state index in [9.17, 15) is 5.11 Å². The van der Waals surface area contributed by atoms with Crippen LogP contribution in [0.5, 0.6) is 0 Å². The maximum atomic E-state index is 10.4. The van der Waals surface area contributed by atoms with Crippen molar-refractivity contribution in [2.75, 3.05) is 26.4 Å². The minimum atomic E-state index is -0.327. The van der Waals surface area contributed by atoms with Gasteiger partial charge in [0.1, 0.15) is 17.8 Å². The Balaban J connectivity index is 1.90. The Morgan fingerprint density at radius 1 is 1.40 bits per heavy atom. The summed E-state index contributed by atoms with van der Waals surface area (Å²) in [5, 5.41) is 11.2. The van der Waals surface area contributed by atoms with Gasteiger partial charge < -0.3 is 20.3 Å². The predicted octanol–water partition coefficient (Wildman–Crippen LogP) is 0.887. The molecule has 1 fully saturated rings. The third-order valence-corrected chi connectivity index (χ3v) is 4.11. The Morgan fingerprint density at radius 3 is 2.95 bits per heavy atom. The SMILES string of the molecule is CN(C)C[C@@H]1C[C@@H](O)[C@H](n2ccc3c(N)ncnc32)C1. The fourth-order valence-corrected chi connectivity index (χ4v) is 3.32. The topological polar surface area (TPSA) is 80.2 Å². The van der Waals surface area contributed by atoms with Crippen molar-refractivity contribution in [3.8, 4) is 0 Å². The van der Waals surface area contributed by atoms with Gasteiger partial charge in [-0.1, -0.05) is 0 Å². The lowest BCUT2D eigenvalue weighted by Crippen LogP contribution is -2.20. The summed E-state index contributed by atoms with van der Waals surface area (Å²) in [6.07, 6.45) is 4.91. The molecule has 0 amide bonds. The average molecular weight is 275 g/mol. The number of fused-ring (bicyclic) bond motifs is 1. The first-order valence-corrected chi connectivity index (χ1v) is 6.96. The van der Waals surface area contributed by atoms with Crippen molar-refractivity contribution in [3.05, 3.63) is 18.6 Å². The molecular weight excluding hydrogens is 254 g/mol. The lowest BCUT2D eigenvalue weighted by atomic mass is 10.1. The third kappa shape index (κ3) is 2.25. The highest BCUT2D eigenvalue weighted by molar-refractivity contribution is 5.86. The molecule has 2 aromatic heterocycles. The van der Waals surface area contributed by atoms with Crippen LogP contribution in [0.1, 0.15) is 18.9 Å². The normalized spacial score (nSPS) is 26.7. The quantitative estimate of drug-likeness (QED) is 0.869. The molecule has 2 aromatic rings. The molecule has 108 valence electrons. The third-order valence-electron chi connectivity index (χ3n) is 4.11. The molecule has 0 saturated heterocycles. The van der Waals surface area contributed by atoms with Gasteiger partial charge in [0.25, 0.3) is 0 Å². The first kappa shape index (κ1) is 13.3. The summed E-state index contributed by atoms with van der Waals surface area (Å²) in [7, 11) is 4.14. The van der Waals surface area contributed by atoms with Crippen LogP contribution in [0, 0.1) is 5.92 Å². The van der Waals surface area contributed by atoms with Gasteiger partial charge in [0, 0.05) is 12.7 Å². The zero-order valence-corrected chi connectivity index (χ0v) is 11.9. The molecule has 0 aromatic carbocycles. The van der Waals surface area contributed by atoms with E-state index in [-0.39, 0.29) is 12.1 Å². The van der Waals surface area contributed by atoms with Gasteiger partial charge in [-0.2, -0.15) is 0 Å². The van der Waals surface area contributed by atoms with Crippen LogP contribution >= 0.6 is 0 Å². The highest BCUT2D eigenvalue weighted by Crippen LogP contribution is 2.37. The number of rotatable bonds is 3. The summed E-state index contributed by atoms with van der Waals surface area (Å²) in [5.41, 5.74) is 6.67. The standard InChI is InChI=1S/C14H21N5O/c1-18(2)7-9-5-11(12(20)6-9)19-4-3-10-13(15)16-8-17-14(10)19/h3-4,8-9,11-12,20H,5-7H2,1-2H3,(H2,15,16,17)/t9-,11+,12+/m0/s1. The fourth-order valence-electron chi connectivity index (χ4n) is 3.32. The van der Waals surface area contributed by atoms with Gasteiger partial charge >= 0.3 is 0 Å². The van der Waals surface area contributed by atoms with E-state index in [1.54, 1.807) is 0 Å². The first-order valence-electron chi connectivity index (χ1n) is 6.96. The smallest absolute Gasteiger partial charge is 0.145 e. The molecule has 1 aliphatic carbocycles. The van der Waals surface area contributed by atoms with Crippen LogP contribution in [0.25, 0.3) is 11.0 Å². The zero-order chi connectivity index (χ0) is 14.3. The number of nitrogen functional groups attached to an aromatic ring is 1. The average Bonchev–Trinajstić information content (AvgIpc) is 2.93. The zero-order valence-electron chi connectivity index (χ0n) is 11.9. The van der Waals surface area contributed by atoms with Crippen molar-refractivity contribution in [1.82, 2.24) is 19.4 Å². The largest absolute Gasteiger partial charge is 0.391 e. The van der Waals surface area contributed by atoms with Gasteiger partial charge in [0.05, 0.1) is 17.5 Å². The van der Waals surface area contributed by atoms with Crippen LogP contribution < -0.4 is 5.73 Å². The molecule has 3 N–H and O–H groups in total. The number of anilines is 1. The molecule has 20 heavy (non-hydrogen) atoms. The van der Waals surface area contributed by atoms with Gasteiger partial charge in [0.2, 0.25) is 0 Å². The number of hydrogen-bond acceptors (Lipinski definition) is 5. The van der Waals surface area contributed by atoms with E-state index < -0.39 is 0 Å². The maximum absolute atomic E-state index is 10.4. The van der Waals surface area contributed by atoms with Gasteiger partial charge in [-0.15, -0.1) is 0 Å². The second-order valence-corrected chi connectivity index (χ2v) is 5.95. The minimum absolute atomic E-state index is 0.0757. The number of aliphatic hydroxyl groups is 1. The molecule has 1 saturated carbocycles. The van der Waals surface area contributed by atoms with E-state index in [1.807, 2.05) is 16.8 Å². The highest BCUT2D eigenvalue weighted by atomic mass is 16.3. The summed E-state index contributed by atoms with van der Waals surface area (Å²) < 4.78 is 2.05. The molecule has 6 heteroatoms. The number of hydrogen-bond donors (Lipinski definition) is 2. The van der Waals surface area contributed by atoms with Crippen molar-refractivity contribution in [3.63, 3.8) is 0 Å². The molecule has 2 heterocycles. The monoisotopic (exact) mass is 275 g/mol. The molecule has 0 spiro atoms. The van der Waals surface area contributed by atoms with Crippen molar-refractivity contribution in [2.24, 2.45) is 5.92 Å². The lowest BCUT2D eigenvalue weighted by molar-refractivity contribution is 0.135. The first-order chi connectivity index (χ1) is 9.56. The van der Waals surface area contributed by atoms with E-state index in [2.05, 4.69) is 29.0 Å². The van der Waals surface area contributed by atoms with Crippen LogP contribution in [0.2, 0.25) is 0 Å². The maximum Gasteiger partial charge on any atom is 0.145 e. The van der Waals surface area contributed by atoms with Crippen molar-refractivity contribution in [2.45, 2.75) is 25.0 Å². The van der Waals surface area contributed by atoms with Crippen LogP contribution in [0.15, 0.2) is 18.6 Å². The van der Waals surface area contributed by atoms with E-state index in [0.717, 1.165) is 30.4 Å².